The summed E-state index contributed by atoms with van der Waals surface area (Å²) in [6.45, 7) is 3.98. The molecule has 0 atom stereocenters. The van der Waals surface area contributed by atoms with E-state index in [1.165, 1.54) is 20.5 Å². The van der Waals surface area contributed by atoms with E-state index in [4.69, 9.17) is 0 Å². The van der Waals surface area contributed by atoms with E-state index in [-0.39, 0.29) is 35.8 Å². The maximum Gasteiger partial charge on any atom is 0.332 e. The Morgan fingerprint density at radius 2 is 1.79 bits per heavy atom. The van der Waals surface area contributed by atoms with Gasteiger partial charge in [-0.25, -0.2) is 4.79 Å². The molecule has 0 spiro atoms. The van der Waals surface area contributed by atoms with Gasteiger partial charge in [-0.15, -0.1) is 11.3 Å². The summed E-state index contributed by atoms with van der Waals surface area (Å²) >= 11 is 1.28. The number of hydrogen-bond acceptors (Lipinski definition) is 5. The van der Waals surface area contributed by atoms with Crippen LogP contribution in [0.15, 0.2) is 39.2 Å². The molecule has 1 aliphatic carbocycles. The van der Waals surface area contributed by atoms with Crippen molar-refractivity contribution in [3.8, 4) is 0 Å². The number of aryl methyl sites for hydroxylation is 2. The Kier molecular flexibility index (Phi) is 7.02. The molecule has 2 N–H and O–H groups in total. The first-order valence-electron chi connectivity index (χ1n) is 11.6. The predicted molar refractivity (Wildman–Crippen MR) is 134 cm³/mol. The fourth-order valence-electron chi connectivity index (χ4n) is 4.72. The first kappa shape index (κ1) is 23.9. The van der Waals surface area contributed by atoms with Crippen molar-refractivity contribution in [2.24, 2.45) is 11.8 Å². The number of nitrogens with zero attached hydrogens (tertiary/aromatic N) is 2. The highest BCUT2D eigenvalue weighted by molar-refractivity contribution is 7.17. The van der Waals surface area contributed by atoms with E-state index in [2.05, 4.69) is 10.6 Å². The minimum atomic E-state index is -0.472. The van der Waals surface area contributed by atoms with Crippen molar-refractivity contribution in [3.63, 3.8) is 0 Å². The van der Waals surface area contributed by atoms with Crippen LogP contribution in [0, 0.1) is 25.7 Å². The zero-order valence-electron chi connectivity index (χ0n) is 19.7. The minimum Gasteiger partial charge on any atom is -0.359 e. The third-order valence-electron chi connectivity index (χ3n) is 6.71. The van der Waals surface area contributed by atoms with Crippen molar-refractivity contribution in [1.29, 1.82) is 0 Å². The van der Waals surface area contributed by atoms with Gasteiger partial charge in [0.25, 0.3) is 5.56 Å². The van der Waals surface area contributed by atoms with Gasteiger partial charge in [0.1, 0.15) is 11.2 Å². The SMILES string of the molecule is CNC(=O)C1CCC(Cn2c(=O)c3sccc3n(CC(=O)Nc3cc(C)ccc3C)c2=O)CC1. The van der Waals surface area contributed by atoms with Crippen molar-refractivity contribution in [2.75, 3.05) is 12.4 Å². The Morgan fingerprint density at radius 1 is 1.06 bits per heavy atom. The molecule has 4 rings (SSSR count). The first-order chi connectivity index (χ1) is 16.3. The molecule has 0 saturated heterocycles. The summed E-state index contributed by atoms with van der Waals surface area (Å²) in [7, 11) is 1.64. The fraction of sp³-hybridized carbons (Fsp3) is 0.440. The van der Waals surface area contributed by atoms with Crippen LogP contribution in [0.1, 0.15) is 36.8 Å². The van der Waals surface area contributed by atoms with Crippen molar-refractivity contribution in [2.45, 2.75) is 52.6 Å². The van der Waals surface area contributed by atoms with Crippen LogP contribution < -0.4 is 21.9 Å². The maximum atomic E-state index is 13.4. The van der Waals surface area contributed by atoms with Gasteiger partial charge >= 0.3 is 5.69 Å². The first-order valence-corrected chi connectivity index (χ1v) is 12.5. The molecule has 1 saturated carbocycles. The van der Waals surface area contributed by atoms with Gasteiger partial charge in [-0.05, 0) is 74.1 Å². The molecule has 0 unspecified atom stereocenters. The zero-order valence-corrected chi connectivity index (χ0v) is 20.5. The predicted octanol–water partition coefficient (Wildman–Crippen LogP) is 3.03. The quantitative estimate of drug-likeness (QED) is 0.564. The Morgan fingerprint density at radius 3 is 2.50 bits per heavy atom. The molecule has 2 heterocycles. The van der Waals surface area contributed by atoms with E-state index in [9.17, 15) is 19.2 Å². The second-order valence-electron chi connectivity index (χ2n) is 9.12. The molecule has 2 amide bonds. The molecule has 1 aliphatic rings. The molecule has 2 aromatic heterocycles. The Hall–Kier alpha value is -3.20. The summed E-state index contributed by atoms with van der Waals surface area (Å²) in [4.78, 5) is 51.3. The van der Waals surface area contributed by atoms with Crippen molar-refractivity contribution < 1.29 is 9.59 Å². The van der Waals surface area contributed by atoms with E-state index >= 15 is 0 Å². The van der Waals surface area contributed by atoms with Gasteiger partial charge in [0.05, 0.1) is 5.52 Å². The Bertz CT molecular complexity index is 1350. The topological polar surface area (TPSA) is 102 Å². The third kappa shape index (κ3) is 4.84. The molecule has 9 heteroatoms. The van der Waals surface area contributed by atoms with Gasteiger partial charge in [-0.1, -0.05) is 12.1 Å². The Balaban J connectivity index is 1.59. The highest BCUT2D eigenvalue weighted by Gasteiger charge is 2.27. The molecule has 3 aromatic rings. The summed E-state index contributed by atoms with van der Waals surface area (Å²) in [5.74, 6) is -0.142. The number of benzene rings is 1. The standard InChI is InChI=1S/C25H30N4O4S/c1-15-4-5-16(2)19(12-15)27-21(30)14-28-20-10-11-34-22(20)24(32)29(25(28)33)13-17-6-8-18(9-7-17)23(31)26-3/h4-5,10-12,17-18H,6-9,13-14H2,1-3H3,(H,26,31)(H,27,30). The molecule has 1 aromatic carbocycles. The molecular formula is C25H30N4O4S. The van der Waals surface area contributed by atoms with E-state index in [0.717, 1.165) is 36.8 Å². The molecule has 34 heavy (non-hydrogen) atoms. The van der Waals surface area contributed by atoms with Crippen molar-refractivity contribution in [3.05, 3.63) is 61.6 Å². The highest BCUT2D eigenvalue weighted by atomic mass is 32.1. The second-order valence-corrected chi connectivity index (χ2v) is 10.0. The summed E-state index contributed by atoms with van der Waals surface area (Å²) in [6, 6.07) is 7.52. The van der Waals surface area contributed by atoms with Gasteiger partial charge < -0.3 is 10.6 Å². The number of amides is 2. The van der Waals surface area contributed by atoms with Crippen LogP contribution in [0.2, 0.25) is 0 Å². The van der Waals surface area contributed by atoms with Crippen LogP contribution >= 0.6 is 11.3 Å². The van der Waals surface area contributed by atoms with Crippen LogP contribution in [0.3, 0.4) is 0 Å². The lowest BCUT2D eigenvalue weighted by Gasteiger charge is -2.27. The average Bonchev–Trinajstić information content (AvgIpc) is 3.32. The van der Waals surface area contributed by atoms with Gasteiger partial charge in [0.15, 0.2) is 0 Å². The lowest BCUT2D eigenvalue weighted by atomic mass is 9.81. The van der Waals surface area contributed by atoms with Crippen molar-refractivity contribution >= 4 is 39.1 Å². The van der Waals surface area contributed by atoms with Gasteiger partial charge in [-0.2, -0.15) is 0 Å². The molecule has 1 fully saturated rings. The number of rotatable bonds is 6. The number of carbonyl (C=O) groups excluding carboxylic acids is 2. The summed E-state index contributed by atoms with van der Waals surface area (Å²) in [6.07, 6.45) is 3.04. The second kappa shape index (κ2) is 9.97. The lowest BCUT2D eigenvalue weighted by Crippen LogP contribution is -2.43. The van der Waals surface area contributed by atoms with E-state index < -0.39 is 5.69 Å². The van der Waals surface area contributed by atoms with Gasteiger partial charge in [0, 0.05) is 25.2 Å². The number of nitrogens with one attached hydrogen (secondary N) is 2. The molecule has 180 valence electrons. The lowest BCUT2D eigenvalue weighted by molar-refractivity contribution is -0.125. The van der Waals surface area contributed by atoms with Crippen molar-refractivity contribution in [1.82, 2.24) is 14.5 Å². The molecule has 0 radical (unpaired) electrons. The normalized spacial score (nSPS) is 18.1. The molecular weight excluding hydrogens is 452 g/mol. The zero-order chi connectivity index (χ0) is 24.4. The number of fused-ring (bicyclic) bond motifs is 1. The van der Waals surface area contributed by atoms with Crippen LogP contribution in [-0.4, -0.2) is 28.0 Å². The van der Waals surface area contributed by atoms with Gasteiger partial charge in [-0.3, -0.25) is 23.5 Å². The number of hydrogen-bond donors (Lipinski definition) is 2. The number of anilines is 1. The van der Waals surface area contributed by atoms with Gasteiger partial charge in [0.2, 0.25) is 11.8 Å². The van der Waals surface area contributed by atoms with E-state index in [1.54, 1.807) is 18.5 Å². The third-order valence-corrected chi connectivity index (χ3v) is 7.60. The number of thiophene rings is 1. The smallest absolute Gasteiger partial charge is 0.332 e. The van der Waals surface area contributed by atoms with Crippen LogP contribution in [-0.2, 0) is 22.7 Å². The van der Waals surface area contributed by atoms with Crippen LogP contribution in [0.25, 0.3) is 10.2 Å². The van der Waals surface area contributed by atoms with E-state index in [1.807, 2.05) is 32.0 Å². The molecule has 0 bridgehead atoms. The largest absolute Gasteiger partial charge is 0.359 e. The summed E-state index contributed by atoms with van der Waals surface area (Å²) < 4.78 is 3.14. The van der Waals surface area contributed by atoms with Crippen LogP contribution in [0.4, 0.5) is 5.69 Å². The fourth-order valence-corrected chi connectivity index (χ4v) is 5.56. The molecule has 8 nitrogen and oxygen atoms in total. The average molecular weight is 483 g/mol. The monoisotopic (exact) mass is 482 g/mol. The number of carbonyl (C=O) groups is 2. The highest BCUT2D eigenvalue weighted by Crippen LogP contribution is 2.29. The maximum absolute atomic E-state index is 13.4. The van der Waals surface area contributed by atoms with Crippen LogP contribution in [0.5, 0.6) is 0 Å². The number of aromatic nitrogens is 2. The molecule has 0 aliphatic heterocycles. The van der Waals surface area contributed by atoms with E-state index in [0.29, 0.717) is 22.4 Å². The summed E-state index contributed by atoms with van der Waals surface area (Å²) in [5.41, 5.74) is 2.37. The minimum absolute atomic E-state index is 0.0109. The summed E-state index contributed by atoms with van der Waals surface area (Å²) in [5, 5.41) is 7.37. The Labute approximate surface area is 201 Å².